The minimum absolute atomic E-state index is 0.528. The molecule has 4 heteroatoms. The summed E-state index contributed by atoms with van der Waals surface area (Å²) in [6, 6.07) is 6.20. The summed E-state index contributed by atoms with van der Waals surface area (Å²) in [4.78, 5) is 12.4. The van der Waals surface area contributed by atoms with Gasteiger partial charge in [-0.15, -0.1) is 0 Å². The first kappa shape index (κ1) is 14.7. The molecule has 0 radical (unpaired) electrons. The minimum Gasteiger partial charge on any atom is -0.497 e. The molecule has 23 heavy (non-hydrogen) atoms. The van der Waals surface area contributed by atoms with Crippen LogP contribution < -0.4 is 9.64 Å². The van der Waals surface area contributed by atoms with Gasteiger partial charge in [-0.2, -0.15) is 0 Å². The van der Waals surface area contributed by atoms with E-state index in [4.69, 9.17) is 14.7 Å². The molecule has 0 amide bonds. The molecule has 4 rings (SSSR count). The van der Waals surface area contributed by atoms with E-state index in [1.807, 2.05) is 6.07 Å². The van der Waals surface area contributed by atoms with E-state index in [0.29, 0.717) is 5.92 Å². The Bertz CT molecular complexity index is 688. The van der Waals surface area contributed by atoms with Crippen LogP contribution >= 0.6 is 0 Å². The lowest BCUT2D eigenvalue weighted by Gasteiger charge is -2.24. The van der Waals surface area contributed by atoms with Gasteiger partial charge in [-0.3, -0.25) is 0 Å². The van der Waals surface area contributed by atoms with Crippen LogP contribution in [-0.2, 0) is 0 Å². The number of hydrogen-bond donors (Lipinski definition) is 0. The van der Waals surface area contributed by atoms with Crippen molar-refractivity contribution in [3.63, 3.8) is 0 Å². The van der Waals surface area contributed by atoms with Crippen molar-refractivity contribution in [1.82, 2.24) is 9.97 Å². The first-order valence-electron chi connectivity index (χ1n) is 8.96. The third-order valence-electron chi connectivity index (χ3n) is 5.28. The zero-order chi connectivity index (χ0) is 15.6. The third kappa shape index (κ3) is 2.87. The van der Waals surface area contributed by atoms with Gasteiger partial charge in [-0.1, -0.05) is 19.3 Å². The lowest BCUT2D eigenvalue weighted by Crippen LogP contribution is -2.21. The van der Waals surface area contributed by atoms with E-state index >= 15 is 0 Å². The zero-order valence-corrected chi connectivity index (χ0v) is 13.9. The molecule has 1 aliphatic heterocycles. The summed E-state index contributed by atoms with van der Waals surface area (Å²) in [5.74, 6) is 3.59. The van der Waals surface area contributed by atoms with E-state index < -0.39 is 0 Å². The second-order valence-electron chi connectivity index (χ2n) is 6.82. The highest BCUT2D eigenvalue weighted by Gasteiger charge is 2.23. The summed E-state index contributed by atoms with van der Waals surface area (Å²) in [6.45, 7) is 2.23. The predicted molar refractivity (Wildman–Crippen MR) is 93.4 cm³/mol. The van der Waals surface area contributed by atoms with Gasteiger partial charge < -0.3 is 9.64 Å². The first-order chi connectivity index (χ1) is 11.3. The van der Waals surface area contributed by atoms with Gasteiger partial charge >= 0.3 is 0 Å². The van der Waals surface area contributed by atoms with Crippen LogP contribution in [0.4, 0.5) is 5.82 Å². The molecule has 0 spiro atoms. The van der Waals surface area contributed by atoms with Crippen LogP contribution in [0.2, 0.25) is 0 Å². The van der Waals surface area contributed by atoms with Gasteiger partial charge in [0.05, 0.1) is 12.6 Å². The van der Waals surface area contributed by atoms with Crippen LogP contribution in [0.5, 0.6) is 5.75 Å². The number of benzene rings is 1. The molecule has 0 N–H and O–H groups in total. The molecule has 1 aliphatic carbocycles. The van der Waals surface area contributed by atoms with Crippen LogP contribution in [0.15, 0.2) is 18.2 Å². The first-order valence-corrected chi connectivity index (χ1v) is 8.96. The maximum Gasteiger partial charge on any atom is 0.140 e. The average Bonchev–Trinajstić information content (AvgIpc) is 3.15. The number of methoxy groups -OCH3 is 1. The average molecular weight is 311 g/mol. The highest BCUT2D eigenvalue weighted by molar-refractivity contribution is 5.90. The van der Waals surface area contributed by atoms with Crippen molar-refractivity contribution >= 4 is 16.7 Å². The molecule has 4 nitrogen and oxygen atoms in total. The fraction of sp³-hybridized carbons (Fsp3) is 0.579. The van der Waals surface area contributed by atoms with E-state index in [9.17, 15) is 0 Å². The number of fused-ring (bicyclic) bond motifs is 1. The Morgan fingerprint density at radius 3 is 2.52 bits per heavy atom. The molecular weight excluding hydrogens is 286 g/mol. The predicted octanol–water partition coefficient (Wildman–Crippen LogP) is 4.29. The maximum absolute atomic E-state index is 5.40. The molecular formula is C19H25N3O. The second-order valence-corrected chi connectivity index (χ2v) is 6.82. The molecule has 1 saturated heterocycles. The molecule has 2 aromatic rings. The van der Waals surface area contributed by atoms with Crippen molar-refractivity contribution in [1.29, 1.82) is 0 Å². The van der Waals surface area contributed by atoms with Crippen molar-refractivity contribution < 1.29 is 4.74 Å². The van der Waals surface area contributed by atoms with Crippen LogP contribution in [-0.4, -0.2) is 30.2 Å². The van der Waals surface area contributed by atoms with Crippen molar-refractivity contribution in [2.45, 2.75) is 50.9 Å². The monoisotopic (exact) mass is 311 g/mol. The third-order valence-corrected chi connectivity index (χ3v) is 5.28. The fourth-order valence-corrected chi connectivity index (χ4v) is 3.95. The Hall–Kier alpha value is -1.84. The van der Waals surface area contributed by atoms with Gasteiger partial charge in [-0.25, -0.2) is 9.97 Å². The Labute approximate surface area is 137 Å². The van der Waals surface area contributed by atoms with Crippen LogP contribution in [0.25, 0.3) is 10.9 Å². The number of nitrogens with zero attached hydrogens (tertiary/aromatic N) is 3. The van der Waals surface area contributed by atoms with Gasteiger partial charge in [-0.05, 0) is 37.8 Å². The summed E-state index contributed by atoms with van der Waals surface area (Å²) in [5.41, 5.74) is 1.03. The molecule has 2 fully saturated rings. The topological polar surface area (TPSA) is 38.2 Å². The summed E-state index contributed by atoms with van der Waals surface area (Å²) >= 11 is 0. The number of aromatic nitrogens is 2. The summed E-state index contributed by atoms with van der Waals surface area (Å²) in [5, 5.41) is 1.16. The highest BCUT2D eigenvalue weighted by atomic mass is 16.5. The number of hydrogen-bond acceptors (Lipinski definition) is 4. The van der Waals surface area contributed by atoms with E-state index in [1.165, 1.54) is 44.9 Å². The van der Waals surface area contributed by atoms with E-state index in [2.05, 4.69) is 17.0 Å². The number of anilines is 1. The molecule has 122 valence electrons. The van der Waals surface area contributed by atoms with Crippen LogP contribution in [0.1, 0.15) is 56.7 Å². The zero-order valence-electron chi connectivity index (χ0n) is 13.9. The summed E-state index contributed by atoms with van der Waals surface area (Å²) < 4.78 is 5.40. The van der Waals surface area contributed by atoms with E-state index in [0.717, 1.165) is 41.4 Å². The standard InChI is InChI=1S/C19H25N3O/c1-23-15-9-10-16-17(13-15)20-18(14-7-3-2-4-8-14)21-19(16)22-11-5-6-12-22/h9-10,13-14H,2-8,11-12H2,1H3. The lowest BCUT2D eigenvalue weighted by molar-refractivity contribution is 0.415. The number of rotatable bonds is 3. The minimum atomic E-state index is 0.528. The normalized spacial score (nSPS) is 19.4. The fourth-order valence-electron chi connectivity index (χ4n) is 3.95. The highest BCUT2D eigenvalue weighted by Crippen LogP contribution is 2.35. The quantitative estimate of drug-likeness (QED) is 0.847. The molecule has 1 aromatic carbocycles. The Morgan fingerprint density at radius 2 is 1.78 bits per heavy atom. The van der Waals surface area contributed by atoms with Crippen molar-refractivity contribution in [2.24, 2.45) is 0 Å². The van der Waals surface area contributed by atoms with Gasteiger partial charge in [0.1, 0.15) is 17.4 Å². The maximum atomic E-state index is 5.40. The second kappa shape index (κ2) is 6.34. The summed E-state index contributed by atoms with van der Waals surface area (Å²) in [6.07, 6.45) is 8.97. The van der Waals surface area contributed by atoms with Crippen molar-refractivity contribution in [3.05, 3.63) is 24.0 Å². The lowest BCUT2D eigenvalue weighted by atomic mass is 9.88. The van der Waals surface area contributed by atoms with Crippen molar-refractivity contribution in [3.8, 4) is 5.75 Å². The molecule has 1 aromatic heterocycles. The molecule has 0 atom stereocenters. The van der Waals surface area contributed by atoms with Gasteiger partial charge in [0, 0.05) is 30.5 Å². The van der Waals surface area contributed by atoms with Gasteiger partial charge in [0.15, 0.2) is 0 Å². The molecule has 0 bridgehead atoms. The van der Waals surface area contributed by atoms with E-state index in [1.54, 1.807) is 7.11 Å². The van der Waals surface area contributed by atoms with Crippen molar-refractivity contribution in [2.75, 3.05) is 25.1 Å². The smallest absolute Gasteiger partial charge is 0.140 e. The molecule has 2 aliphatic rings. The Morgan fingerprint density at radius 1 is 1.00 bits per heavy atom. The summed E-state index contributed by atoms with van der Waals surface area (Å²) in [7, 11) is 1.71. The Balaban J connectivity index is 1.82. The van der Waals surface area contributed by atoms with Gasteiger partial charge in [0.2, 0.25) is 0 Å². The van der Waals surface area contributed by atoms with Gasteiger partial charge in [0.25, 0.3) is 0 Å². The SMILES string of the molecule is COc1ccc2c(N3CCCC3)nc(C3CCCCC3)nc2c1. The Kier molecular flexibility index (Phi) is 4.06. The van der Waals surface area contributed by atoms with Crippen LogP contribution in [0, 0.1) is 0 Å². The molecule has 2 heterocycles. The van der Waals surface area contributed by atoms with E-state index in [-0.39, 0.29) is 0 Å². The van der Waals surface area contributed by atoms with Crippen LogP contribution in [0.3, 0.4) is 0 Å². The molecule has 0 unspecified atom stereocenters. The number of ether oxygens (including phenoxy) is 1. The largest absolute Gasteiger partial charge is 0.497 e. The molecule has 1 saturated carbocycles.